The van der Waals surface area contributed by atoms with Gasteiger partial charge in [-0.2, -0.15) is 0 Å². The zero-order valence-corrected chi connectivity index (χ0v) is 83.0. The number of non-ortho nitro benzene ring substituents is 2. The van der Waals surface area contributed by atoms with Crippen LogP contribution < -0.4 is 0 Å². The van der Waals surface area contributed by atoms with Crippen LogP contribution in [-0.2, 0) is 60.2 Å². The van der Waals surface area contributed by atoms with Crippen LogP contribution in [0.25, 0.3) is 44.5 Å². The van der Waals surface area contributed by atoms with Crippen LogP contribution in [0.5, 0.6) is 0 Å². The second-order valence-electron chi connectivity index (χ2n) is 36.5. The number of nitro groups is 2. The average molecular weight is 1870 g/mol. The molecule has 0 fully saturated rings. The highest BCUT2D eigenvalue weighted by Gasteiger charge is 2.48. The summed E-state index contributed by atoms with van der Waals surface area (Å²) >= 11 is 1.48. The maximum atomic E-state index is 13.5. The van der Waals surface area contributed by atoms with E-state index in [0.29, 0.717) is 22.8 Å². The van der Waals surface area contributed by atoms with Crippen LogP contribution in [0.15, 0.2) is 257 Å². The van der Waals surface area contributed by atoms with Crippen LogP contribution >= 0.6 is 11.3 Å². The second-order valence-corrected chi connectivity index (χ2v) is 37.5. The number of carbonyl (C=O) groups is 6. The van der Waals surface area contributed by atoms with Crippen LogP contribution in [0.3, 0.4) is 0 Å². The summed E-state index contributed by atoms with van der Waals surface area (Å²) in [5, 5.41) is 41.5. The van der Waals surface area contributed by atoms with Gasteiger partial charge in [-0.15, -0.1) is 11.3 Å². The molecule has 21 heteroatoms. The molecule has 16 rings (SSSR count). The van der Waals surface area contributed by atoms with Crippen LogP contribution in [0.1, 0.15) is 325 Å². The van der Waals surface area contributed by atoms with Gasteiger partial charge in [0, 0.05) is 113 Å². The third-order valence-corrected chi connectivity index (χ3v) is 28.1. The van der Waals surface area contributed by atoms with Crippen molar-refractivity contribution in [1.82, 2.24) is 0 Å². The minimum atomic E-state index is -0.483. The first kappa shape index (κ1) is 101. The summed E-state index contributed by atoms with van der Waals surface area (Å²) in [4.78, 5) is 116. The molecule has 0 radical (unpaired) electrons. The zero-order valence-electron chi connectivity index (χ0n) is 82.1. The number of oxime groups is 4. The normalized spacial score (nSPS) is 13.8. The second kappa shape index (κ2) is 44.3. The molecule has 12 aromatic rings. The first-order chi connectivity index (χ1) is 66.4. The lowest BCUT2D eigenvalue weighted by Crippen LogP contribution is -2.25. The Balaban J connectivity index is 0.000000156. The molecule has 1 heterocycles. The van der Waals surface area contributed by atoms with E-state index < -0.39 is 23.9 Å². The number of aryl methyl sites for hydroxylation is 3. The summed E-state index contributed by atoms with van der Waals surface area (Å²) in [5.74, 6) is -1.70. The van der Waals surface area contributed by atoms with Crippen molar-refractivity contribution in [3.63, 3.8) is 0 Å². The minimum absolute atomic E-state index is 0.0637. The number of benzene rings is 11. The van der Waals surface area contributed by atoms with E-state index in [1.54, 1.807) is 31.2 Å². The maximum Gasteiger partial charge on any atom is 0.332 e. The Kier molecular flexibility index (Phi) is 32.5. The summed E-state index contributed by atoms with van der Waals surface area (Å²) in [6.45, 7) is 32.5. The van der Waals surface area contributed by atoms with E-state index in [4.69, 9.17) is 19.4 Å². The van der Waals surface area contributed by atoms with Gasteiger partial charge in [0.2, 0.25) is 5.78 Å². The van der Waals surface area contributed by atoms with E-state index >= 15 is 0 Å². The molecule has 138 heavy (non-hydrogen) atoms. The molecule has 0 saturated carbocycles. The highest BCUT2D eigenvalue weighted by molar-refractivity contribution is 7.12. The van der Waals surface area contributed by atoms with Crippen molar-refractivity contribution >= 4 is 81.0 Å². The molecule has 0 N–H and O–H groups in total. The van der Waals surface area contributed by atoms with Gasteiger partial charge in [-0.05, 0) is 263 Å². The van der Waals surface area contributed by atoms with Crippen molar-refractivity contribution in [2.75, 3.05) is 0 Å². The molecule has 1 aromatic heterocycles. The smallest absolute Gasteiger partial charge is 0.318 e. The highest BCUT2D eigenvalue weighted by Crippen LogP contribution is 2.60. The fourth-order valence-electron chi connectivity index (χ4n) is 21.6. The van der Waals surface area contributed by atoms with Crippen LogP contribution in [0, 0.1) is 41.0 Å². The summed E-state index contributed by atoms with van der Waals surface area (Å²) in [5.41, 5.74) is 30.9. The van der Waals surface area contributed by atoms with E-state index in [0.717, 1.165) is 213 Å². The van der Waals surface area contributed by atoms with E-state index in [1.807, 2.05) is 160 Å². The first-order valence-electron chi connectivity index (χ1n) is 48.1. The quantitative estimate of drug-likeness (QED) is 0.0125. The van der Waals surface area contributed by atoms with Gasteiger partial charge >= 0.3 is 23.9 Å². The molecule has 4 aliphatic rings. The number of thiophene rings is 1. The molecular weight excluding hydrogens is 1750 g/mol. The van der Waals surface area contributed by atoms with Gasteiger partial charge in [0.1, 0.15) is 11.4 Å². The van der Waals surface area contributed by atoms with Gasteiger partial charge < -0.3 is 19.4 Å². The summed E-state index contributed by atoms with van der Waals surface area (Å²) in [6, 6.07) is 75.5. The molecule has 0 unspecified atom stereocenters. The molecule has 0 aliphatic heterocycles. The number of hydrogen-bond acceptors (Lipinski definition) is 19. The summed E-state index contributed by atoms with van der Waals surface area (Å²) in [7, 11) is 0. The third-order valence-electron chi connectivity index (χ3n) is 27.2. The molecule has 710 valence electrons. The van der Waals surface area contributed by atoms with Crippen molar-refractivity contribution < 1.29 is 58.0 Å². The Bertz CT molecular complexity index is 6780. The lowest BCUT2D eigenvalue weighted by molar-refractivity contribution is -0.385. The van der Waals surface area contributed by atoms with Crippen molar-refractivity contribution in [1.29, 1.82) is 0 Å². The van der Waals surface area contributed by atoms with E-state index in [2.05, 4.69) is 155 Å². The number of nitro benzene ring substituents is 2. The predicted molar refractivity (Wildman–Crippen MR) is 551 cm³/mol. The standard InChI is InChI=1S/C34H33NO3S.C31H33NO3.C29H30N2O4.C23H26N2O4/c1-5-17-34(18-6-2)29-20-24(32(35-38-23(4)36)26-11-8-7-10-22(26)3)13-15-27(29)28-16-14-25(21-30(28)34)33(37)31-12-9-19-39-31;1-6-16-31(17-7-2)28-18-23(21(4)32-35-22(5)33)12-14-26(28)27-15-13-24(19-29(27)31)30(34)25-11-9-8-10-20(25)3;1-5-15-29(16-6-2)26-17-21(28(30-35-20(4)32)23-10-8-7-9-19(23)3)11-13-24(26)25-14-12-22(31(33)34)18-27(25)29;1-5-11-23(12-6-2)21-13-17(15(3)24-29-16(4)26)7-9-19(21)20-10-8-18(25(27)28)14-22(20)23/h7-16,19-21H,5-6,17-18H2,1-4H3;8-15,18-19H,6-7,16-17H2,1-5H3;7-14,17-18H,5-6,15-16H2,1-4H3;7-10,13-14H,5-6,11-12H2,1-4H3/b35-32+;32-21-;30-28+;24-15-. The largest absolute Gasteiger partial charge is 0.332 e. The van der Waals surface area contributed by atoms with Gasteiger partial charge in [0.05, 0.1) is 26.1 Å². The zero-order chi connectivity index (χ0) is 99.1. The van der Waals surface area contributed by atoms with E-state index in [1.165, 1.54) is 89.1 Å². The molecule has 0 saturated heterocycles. The van der Waals surface area contributed by atoms with Gasteiger partial charge in [0.15, 0.2) is 5.78 Å². The van der Waals surface area contributed by atoms with E-state index in [-0.39, 0.29) is 54.4 Å². The third kappa shape index (κ3) is 20.6. The molecule has 20 nitrogen and oxygen atoms in total. The fraction of sp³-hybridized carbons (Fsp3) is 0.316. The Labute approximate surface area is 813 Å². The molecule has 0 amide bonds. The van der Waals surface area contributed by atoms with Gasteiger partial charge in [0.25, 0.3) is 11.4 Å². The lowest BCUT2D eigenvalue weighted by Gasteiger charge is -2.32. The SMILES string of the molecule is CCCC1(CCC)c2cc(/C(=N\OC(C)=O)c3ccccc3C)ccc2-c2ccc([N+](=O)[O-])cc21.CCCC1(CCC)c2cc(/C(C)=N\OC(C)=O)ccc2-c2ccc([N+](=O)[O-])cc21.CCCC1(CCC)c2cc(C(=O)c3ccccc3C)ccc2-c2ccc(/C(C)=N\OC(C)=O)cc21.CCCC1(CCC)c2cc(C(=O)c3cccs3)ccc2-c2ccc(/C(=N\OC(C)=O)c3ccccc3C)cc21. The molecular formula is C117H122N6O14S. The number of rotatable bonds is 32. The number of fused-ring (bicyclic) bond motifs is 12. The van der Waals surface area contributed by atoms with E-state index in [9.17, 15) is 49.0 Å². The topological polar surface area (TPSA) is 275 Å². The number of hydrogen-bond donors (Lipinski definition) is 0. The number of carbonyl (C=O) groups excluding carboxylic acids is 6. The average Bonchev–Trinajstić information content (AvgIpc) is 1.58. The molecule has 11 aromatic carbocycles. The van der Waals surface area contributed by atoms with Gasteiger partial charge in [-0.3, -0.25) is 29.8 Å². The Morgan fingerprint density at radius 3 is 0.812 bits per heavy atom. The molecule has 0 spiro atoms. The summed E-state index contributed by atoms with van der Waals surface area (Å²) in [6.07, 6.45) is 15.4. The lowest BCUT2D eigenvalue weighted by atomic mass is 9.71. The van der Waals surface area contributed by atoms with Crippen molar-refractivity contribution in [3.05, 3.63) is 372 Å². The number of nitrogens with zero attached hydrogens (tertiary/aromatic N) is 6. The van der Waals surface area contributed by atoms with Crippen molar-refractivity contribution in [2.24, 2.45) is 20.6 Å². The van der Waals surface area contributed by atoms with Crippen molar-refractivity contribution in [2.45, 2.75) is 242 Å². The molecule has 0 atom stereocenters. The Morgan fingerprint density at radius 2 is 0.536 bits per heavy atom. The molecule has 4 aliphatic carbocycles. The van der Waals surface area contributed by atoms with Crippen LogP contribution in [0.4, 0.5) is 11.4 Å². The van der Waals surface area contributed by atoms with Crippen molar-refractivity contribution in [3.8, 4) is 44.5 Å². The van der Waals surface area contributed by atoms with Gasteiger partial charge in [-0.25, -0.2) is 19.2 Å². The fourth-order valence-corrected chi connectivity index (χ4v) is 22.3. The van der Waals surface area contributed by atoms with Crippen LogP contribution in [0.2, 0.25) is 0 Å². The predicted octanol–water partition coefficient (Wildman–Crippen LogP) is 28.7. The minimum Gasteiger partial charge on any atom is -0.318 e. The van der Waals surface area contributed by atoms with Crippen LogP contribution in [-0.4, -0.2) is 68.1 Å². The highest BCUT2D eigenvalue weighted by atomic mass is 32.1. The number of ketones is 2. The molecule has 0 bridgehead atoms. The first-order valence-corrected chi connectivity index (χ1v) is 49.0. The Morgan fingerprint density at radius 1 is 0.290 bits per heavy atom. The summed E-state index contributed by atoms with van der Waals surface area (Å²) < 4.78 is 0. The van der Waals surface area contributed by atoms with Gasteiger partial charge in [-0.1, -0.05) is 279 Å². The maximum absolute atomic E-state index is 13.5. The Hall–Kier alpha value is -14.2. The monoisotopic (exact) mass is 1870 g/mol.